The molecule has 1 atom stereocenters. The molecule has 156 valence electrons. The molecule has 8 heteroatoms. The molecule has 7 nitrogen and oxygen atoms in total. The maximum atomic E-state index is 12.5. The smallest absolute Gasteiger partial charge is 0.258 e. The van der Waals surface area contributed by atoms with Crippen molar-refractivity contribution < 1.29 is 22.7 Å². The highest BCUT2D eigenvalue weighted by Crippen LogP contribution is 2.23. The van der Waals surface area contributed by atoms with Crippen molar-refractivity contribution in [3.05, 3.63) is 54.1 Å². The van der Waals surface area contributed by atoms with E-state index in [1.165, 1.54) is 16.4 Å². The largest absolute Gasteiger partial charge is 0.497 e. The molecule has 2 aromatic carbocycles. The molecule has 1 saturated heterocycles. The van der Waals surface area contributed by atoms with Gasteiger partial charge in [-0.05, 0) is 61.7 Å². The van der Waals surface area contributed by atoms with Crippen LogP contribution in [0.25, 0.3) is 0 Å². The summed E-state index contributed by atoms with van der Waals surface area (Å²) in [6.07, 6.45) is 1.79. The van der Waals surface area contributed by atoms with E-state index < -0.39 is 10.0 Å². The molecule has 1 heterocycles. The molecule has 2 aromatic rings. The van der Waals surface area contributed by atoms with E-state index >= 15 is 0 Å². The van der Waals surface area contributed by atoms with Crippen LogP contribution in [0.15, 0.2) is 53.4 Å². The van der Waals surface area contributed by atoms with Gasteiger partial charge in [-0.25, -0.2) is 8.42 Å². The van der Waals surface area contributed by atoms with Gasteiger partial charge in [0.15, 0.2) is 6.61 Å². The molecular formula is C21H26N2O5S. The van der Waals surface area contributed by atoms with E-state index in [0.717, 1.165) is 24.2 Å². The molecular weight excluding hydrogens is 392 g/mol. The first-order valence-corrected chi connectivity index (χ1v) is 11.0. The molecule has 0 aliphatic carbocycles. The number of methoxy groups -OCH3 is 1. The average molecular weight is 419 g/mol. The molecule has 0 spiro atoms. The molecule has 0 aromatic heterocycles. The van der Waals surface area contributed by atoms with Crippen LogP contribution in [0.4, 0.5) is 0 Å². The Morgan fingerprint density at radius 1 is 1.03 bits per heavy atom. The van der Waals surface area contributed by atoms with Crippen LogP contribution in [0.1, 0.15) is 31.4 Å². The predicted octanol–water partition coefficient (Wildman–Crippen LogP) is 2.74. The maximum absolute atomic E-state index is 12.5. The normalized spacial score (nSPS) is 15.7. The molecule has 1 aliphatic rings. The summed E-state index contributed by atoms with van der Waals surface area (Å²) in [7, 11) is -1.85. The number of amides is 1. The molecule has 0 saturated carbocycles. The second-order valence-corrected chi connectivity index (χ2v) is 8.87. The van der Waals surface area contributed by atoms with Crippen molar-refractivity contribution in [2.45, 2.75) is 30.7 Å². The second kappa shape index (κ2) is 9.28. The van der Waals surface area contributed by atoms with Gasteiger partial charge in [-0.1, -0.05) is 12.1 Å². The summed E-state index contributed by atoms with van der Waals surface area (Å²) in [6, 6.07) is 13.5. The summed E-state index contributed by atoms with van der Waals surface area (Å²) in [5.74, 6) is 0.936. The van der Waals surface area contributed by atoms with Gasteiger partial charge in [0.2, 0.25) is 10.0 Å². The van der Waals surface area contributed by atoms with Crippen LogP contribution in [0.5, 0.6) is 11.5 Å². The minimum absolute atomic E-state index is 0.154. The Bertz CT molecular complexity index is 921. The number of nitrogens with one attached hydrogen (secondary N) is 1. The highest BCUT2D eigenvalue weighted by atomic mass is 32.2. The molecule has 0 bridgehead atoms. The Morgan fingerprint density at radius 2 is 1.62 bits per heavy atom. The number of carbonyl (C=O) groups excluding carboxylic acids is 1. The Labute approximate surface area is 171 Å². The van der Waals surface area contributed by atoms with Crippen LogP contribution in [-0.2, 0) is 14.8 Å². The lowest BCUT2D eigenvalue weighted by molar-refractivity contribution is -0.123. The first kappa shape index (κ1) is 21.1. The lowest BCUT2D eigenvalue weighted by Crippen LogP contribution is -2.31. The van der Waals surface area contributed by atoms with E-state index in [4.69, 9.17) is 9.47 Å². The van der Waals surface area contributed by atoms with Gasteiger partial charge in [-0.15, -0.1) is 0 Å². The summed E-state index contributed by atoms with van der Waals surface area (Å²) in [5.41, 5.74) is 0.954. The molecule has 1 amide bonds. The van der Waals surface area contributed by atoms with Crippen molar-refractivity contribution in [1.82, 2.24) is 9.62 Å². The number of nitrogens with zero attached hydrogens (tertiary/aromatic N) is 1. The molecule has 0 radical (unpaired) electrons. The maximum Gasteiger partial charge on any atom is 0.258 e. The topological polar surface area (TPSA) is 84.9 Å². The van der Waals surface area contributed by atoms with Gasteiger partial charge < -0.3 is 14.8 Å². The van der Waals surface area contributed by atoms with E-state index in [2.05, 4.69) is 5.32 Å². The monoisotopic (exact) mass is 418 g/mol. The summed E-state index contributed by atoms with van der Waals surface area (Å²) in [4.78, 5) is 12.4. The fourth-order valence-corrected chi connectivity index (χ4v) is 4.71. The SMILES string of the molecule is COc1ccc([C@@H](C)NC(=O)COc2ccc(S(=O)(=O)N3CCCC3)cc2)cc1. The third kappa shape index (κ3) is 5.27. The van der Waals surface area contributed by atoms with Gasteiger partial charge in [-0.3, -0.25) is 4.79 Å². The first-order chi connectivity index (χ1) is 13.9. The highest BCUT2D eigenvalue weighted by Gasteiger charge is 2.26. The van der Waals surface area contributed by atoms with Gasteiger partial charge >= 0.3 is 0 Å². The summed E-state index contributed by atoms with van der Waals surface area (Å²) >= 11 is 0. The predicted molar refractivity (Wildman–Crippen MR) is 109 cm³/mol. The molecule has 0 unspecified atom stereocenters. The minimum atomic E-state index is -3.45. The van der Waals surface area contributed by atoms with E-state index in [1.807, 2.05) is 31.2 Å². The van der Waals surface area contributed by atoms with Crippen molar-refractivity contribution in [3.8, 4) is 11.5 Å². The van der Waals surface area contributed by atoms with E-state index in [0.29, 0.717) is 18.8 Å². The molecule has 1 fully saturated rings. The number of ether oxygens (including phenoxy) is 2. The Morgan fingerprint density at radius 3 is 2.21 bits per heavy atom. The van der Waals surface area contributed by atoms with Gasteiger partial charge in [0, 0.05) is 13.1 Å². The standard InChI is InChI=1S/C21H26N2O5S/c1-16(17-5-7-18(27-2)8-6-17)22-21(24)15-28-19-9-11-20(12-10-19)29(25,26)23-13-3-4-14-23/h5-12,16H,3-4,13-15H2,1-2H3,(H,22,24)/t16-/m1/s1. The molecule has 1 aliphatic heterocycles. The van der Waals surface area contributed by atoms with Crippen molar-refractivity contribution in [3.63, 3.8) is 0 Å². The fourth-order valence-electron chi connectivity index (χ4n) is 3.19. The zero-order valence-electron chi connectivity index (χ0n) is 16.6. The van der Waals surface area contributed by atoms with Crippen LogP contribution < -0.4 is 14.8 Å². The zero-order chi connectivity index (χ0) is 20.9. The van der Waals surface area contributed by atoms with Crippen molar-refractivity contribution in [2.24, 2.45) is 0 Å². The zero-order valence-corrected chi connectivity index (χ0v) is 17.4. The quantitative estimate of drug-likeness (QED) is 0.713. The molecule has 3 rings (SSSR count). The number of hydrogen-bond acceptors (Lipinski definition) is 5. The third-order valence-corrected chi connectivity index (χ3v) is 6.80. The van der Waals surface area contributed by atoms with Gasteiger partial charge in [0.05, 0.1) is 18.0 Å². The minimum Gasteiger partial charge on any atom is -0.497 e. The van der Waals surface area contributed by atoms with Crippen LogP contribution in [0.3, 0.4) is 0 Å². The van der Waals surface area contributed by atoms with E-state index in [1.54, 1.807) is 19.2 Å². The van der Waals surface area contributed by atoms with Crippen LogP contribution in [0, 0.1) is 0 Å². The van der Waals surface area contributed by atoms with Crippen molar-refractivity contribution in [2.75, 3.05) is 26.8 Å². The Hall–Kier alpha value is -2.58. The van der Waals surface area contributed by atoms with Crippen LogP contribution in [-0.4, -0.2) is 45.4 Å². The summed E-state index contributed by atoms with van der Waals surface area (Å²) < 4.78 is 37.2. The molecule has 1 N–H and O–H groups in total. The number of sulfonamides is 1. The lowest BCUT2D eigenvalue weighted by Gasteiger charge is -2.16. The van der Waals surface area contributed by atoms with E-state index in [9.17, 15) is 13.2 Å². The van der Waals surface area contributed by atoms with E-state index in [-0.39, 0.29) is 23.5 Å². The number of carbonyl (C=O) groups is 1. The lowest BCUT2D eigenvalue weighted by atomic mass is 10.1. The summed E-state index contributed by atoms with van der Waals surface area (Å²) in [6.45, 7) is 2.86. The van der Waals surface area contributed by atoms with Crippen LogP contribution >= 0.6 is 0 Å². The Balaban J connectivity index is 1.52. The fraction of sp³-hybridized carbons (Fsp3) is 0.381. The number of benzene rings is 2. The second-order valence-electron chi connectivity index (χ2n) is 6.93. The first-order valence-electron chi connectivity index (χ1n) is 9.56. The van der Waals surface area contributed by atoms with Crippen LogP contribution in [0.2, 0.25) is 0 Å². The number of rotatable bonds is 8. The number of hydrogen-bond donors (Lipinski definition) is 1. The highest BCUT2D eigenvalue weighted by molar-refractivity contribution is 7.89. The van der Waals surface area contributed by atoms with Gasteiger partial charge in [0.1, 0.15) is 11.5 Å². The van der Waals surface area contributed by atoms with Crippen molar-refractivity contribution in [1.29, 1.82) is 0 Å². The summed E-state index contributed by atoms with van der Waals surface area (Å²) in [5, 5.41) is 2.87. The third-order valence-electron chi connectivity index (χ3n) is 4.89. The van der Waals surface area contributed by atoms with Gasteiger partial charge in [-0.2, -0.15) is 4.31 Å². The Kier molecular flexibility index (Phi) is 6.76. The average Bonchev–Trinajstić information content (AvgIpc) is 3.28. The molecule has 29 heavy (non-hydrogen) atoms. The van der Waals surface area contributed by atoms with Gasteiger partial charge in [0.25, 0.3) is 5.91 Å². The van der Waals surface area contributed by atoms with Crippen molar-refractivity contribution >= 4 is 15.9 Å².